The average Bonchev–Trinajstić information content (AvgIpc) is 3.36. The lowest BCUT2D eigenvalue weighted by Gasteiger charge is -2.21. The van der Waals surface area contributed by atoms with Crippen LogP contribution in [0.4, 0.5) is 0 Å². The zero-order chi connectivity index (χ0) is 24.8. The fraction of sp³-hybridized carbons (Fsp3) is 0.0606. The van der Waals surface area contributed by atoms with Crippen LogP contribution in [0.3, 0.4) is 0 Å². The number of pyridine rings is 1. The molecule has 37 heavy (non-hydrogen) atoms. The van der Waals surface area contributed by atoms with Gasteiger partial charge in [0, 0.05) is 42.7 Å². The second-order valence-electron chi connectivity index (χ2n) is 9.39. The Morgan fingerprint density at radius 2 is 1.35 bits per heavy atom. The van der Waals surface area contributed by atoms with E-state index in [9.17, 15) is 4.57 Å². The molecule has 2 nitrogen and oxygen atoms in total. The molecule has 0 atom stereocenters. The van der Waals surface area contributed by atoms with E-state index in [1.165, 1.54) is 20.5 Å². The number of rotatable bonds is 4. The first-order chi connectivity index (χ1) is 18.2. The molecule has 4 heteroatoms. The van der Waals surface area contributed by atoms with Gasteiger partial charge in [-0.2, -0.15) is 0 Å². The number of aryl methyl sites for hydroxylation is 1. The number of aromatic nitrogens is 1. The Kier molecular flexibility index (Phi) is 5.43. The van der Waals surface area contributed by atoms with Crippen molar-refractivity contribution < 1.29 is 4.57 Å². The van der Waals surface area contributed by atoms with Crippen LogP contribution in [0.15, 0.2) is 115 Å². The minimum Gasteiger partial charge on any atom is -0.309 e. The third kappa shape index (κ3) is 3.62. The van der Waals surface area contributed by atoms with Gasteiger partial charge >= 0.3 is 0 Å². The van der Waals surface area contributed by atoms with E-state index in [1.54, 1.807) is 0 Å². The maximum Gasteiger partial charge on any atom is 0.171 e. The maximum absolute atomic E-state index is 15.0. The summed E-state index contributed by atoms with van der Waals surface area (Å²) in [5.41, 5.74) is 4.26. The fourth-order valence-corrected chi connectivity index (χ4v) is 9.38. The van der Waals surface area contributed by atoms with Gasteiger partial charge in [-0.05, 0) is 18.9 Å². The molecule has 0 saturated heterocycles. The highest BCUT2D eigenvalue weighted by Crippen LogP contribution is 2.44. The van der Waals surface area contributed by atoms with Crippen molar-refractivity contribution in [3.63, 3.8) is 0 Å². The molecule has 0 fully saturated rings. The van der Waals surface area contributed by atoms with Crippen molar-refractivity contribution in [2.24, 2.45) is 0 Å². The molecule has 1 aliphatic rings. The van der Waals surface area contributed by atoms with Gasteiger partial charge in [-0.15, -0.1) is 11.3 Å². The van der Waals surface area contributed by atoms with E-state index in [0.717, 1.165) is 50.9 Å². The lowest BCUT2D eigenvalue weighted by Crippen LogP contribution is -2.25. The van der Waals surface area contributed by atoms with Crippen LogP contribution in [-0.4, -0.2) is 4.98 Å². The van der Waals surface area contributed by atoms with Gasteiger partial charge in [-0.25, -0.2) is 4.98 Å². The molecular weight excluding hydrogens is 489 g/mol. The summed E-state index contributed by atoms with van der Waals surface area (Å²) < 4.78 is 16.3. The van der Waals surface area contributed by atoms with Crippen molar-refractivity contribution in [1.29, 1.82) is 0 Å². The van der Waals surface area contributed by atoms with Crippen LogP contribution in [0.2, 0.25) is 0 Å². The SMILES string of the molecule is O=P(c1ccccc1)(c1ccccc1)c1cccc(-c2nc3c4c(sc3c3ccccc23)CCC=C4)c1. The van der Waals surface area contributed by atoms with Gasteiger partial charge < -0.3 is 4.57 Å². The van der Waals surface area contributed by atoms with Crippen LogP contribution in [0.25, 0.3) is 38.3 Å². The summed E-state index contributed by atoms with van der Waals surface area (Å²) >= 11 is 1.88. The Morgan fingerprint density at radius 3 is 2.08 bits per heavy atom. The Labute approximate surface area is 220 Å². The van der Waals surface area contributed by atoms with Crippen molar-refractivity contribution in [3.05, 3.63) is 126 Å². The Morgan fingerprint density at radius 1 is 0.703 bits per heavy atom. The zero-order valence-corrected chi connectivity index (χ0v) is 21.9. The molecule has 7 rings (SSSR count). The molecular formula is C33H24NOPS. The van der Waals surface area contributed by atoms with E-state index in [-0.39, 0.29) is 0 Å². The molecule has 0 aliphatic heterocycles. The molecule has 4 aromatic carbocycles. The molecule has 0 amide bonds. The Balaban J connectivity index is 1.49. The quantitative estimate of drug-likeness (QED) is 0.226. The minimum atomic E-state index is -3.08. The van der Waals surface area contributed by atoms with Crippen molar-refractivity contribution in [3.8, 4) is 11.3 Å². The monoisotopic (exact) mass is 513 g/mol. The molecule has 6 aromatic rings. The van der Waals surface area contributed by atoms with Crippen molar-refractivity contribution >= 4 is 61.5 Å². The van der Waals surface area contributed by atoms with Crippen LogP contribution < -0.4 is 15.9 Å². The molecule has 0 radical (unpaired) electrons. The molecule has 2 aromatic heterocycles. The van der Waals surface area contributed by atoms with E-state index in [0.29, 0.717) is 0 Å². The normalized spacial score (nSPS) is 13.2. The number of benzene rings is 4. The number of allylic oxidation sites excluding steroid dienone is 1. The first-order valence-electron chi connectivity index (χ1n) is 12.6. The fourth-order valence-electron chi connectivity index (χ4n) is 5.40. The van der Waals surface area contributed by atoms with Gasteiger partial charge in [-0.1, -0.05) is 115 Å². The summed E-state index contributed by atoms with van der Waals surface area (Å²) in [6, 6.07) is 36.5. The first-order valence-corrected chi connectivity index (χ1v) is 15.1. The van der Waals surface area contributed by atoms with Crippen LogP contribution in [0, 0.1) is 0 Å². The summed E-state index contributed by atoms with van der Waals surface area (Å²) in [6.45, 7) is 0. The third-order valence-corrected chi connectivity index (χ3v) is 11.5. The van der Waals surface area contributed by atoms with E-state index in [4.69, 9.17) is 4.98 Å². The summed E-state index contributed by atoms with van der Waals surface area (Å²) in [6.07, 6.45) is 6.64. The van der Waals surface area contributed by atoms with E-state index < -0.39 is 7.14 Å². The van der Waals surface area contributed by atoms with Crippen LogP contribution in [0.1, 0.15) is 16.9 Å². The van der Waals surface area contributed by atoms with Gasteiger partial charge in [0.1, 0.15) is 0 Å². The number of fused-ring (bicyclic) bond motifs is 5. The highest BCUT2D eigenvalue weighted by Gasteiger charge is 2.30. The second-order valence-corrected chi connectivity index (χ2v) is 13.3. The average molecular weight is 514 g/mol. The summed E-state index contributed by atoms with van der Waals surface area (Å²) in [5.74, 6) is 0. The summed E-state index contributed by atoms with van der Waals surface area (Å²) in [5, 5.41) is 4.85. The number of thiophene rings is 1. The molecule has 0 N–H and O–H groups in total. The van der Waals surface area contributed by atoms with Crippen molar-refractivity contribution in [2.45, 2.75) is 12.8 Å². The number of nitrogens with zero attached hydrogens (tertiary/aromatic N) is 1. The van der Waals surface area contributed by atoms with Crippen LogP contribution >= 0.6 is 18.5 Å². The van der Waals surface area contributed by atoms with E-state index in [2.05, 4.69) is 48.6 Å². The Hall–Kier alpha value is -3.78. The predicted molar refractivity (Wildman–Crippen MR) is 159 cm³/mol. The summed E-state index contributed by atoms with van der Waals surface area (Å²) in [4.78, 5) is 6.70. The molecule has 2 heterocycles. The molecule has 1 aliphatic carbocycles. The van der Waals surface area contributed by atoms with Crippen LogP contribution in [0.5, 0.6) is 0 Å². The number of hydrogen-bond donors (Lipinski definition) is 0. The van der Waals surface area contributed by atoms with Gasteiger partial charge in [0.2, 0.25) is 0 Å². The van der Waals surface area contributed by atoms with E-state index in [1.807, 2.05) is 84.1 Å². The van der Waals surface area contributed by atoms with Crippen LogP contribution in [-0.2, 0) is 11.0 Å². The molecule has 178 valence electrons. The standard InChI is InChI=1S/C33H24NOPS/c35-36(24-13-3-1-4-14-24,25-15-5-2-6-16-25)26-17-11-12-23(22-26)31-27-18-7-8-19-28(27)33-32(34-31)29-20-9-10-21-30(29)37-33/h1-9,11-20,22H,10,21H2. The van der Waals surface area contributed by atoms with Gasteiger partial charge in [0.15, 0.2) is 7.14 Å². The van der Waals surface area contributed by atoms with Gasteiger partial charge in [0.05, 0.1) is 15.9 Å². The zero-order valence-electron chi connectivity index (χ0n) is 20.2. The number of hydrogen-bond acceptors (Lipinski definition) is 3. The van der Waals surface area contributed by atoms with Crippen molar-refractivity contribution in [2.75, 3.05) is 0 Å². The molecule has 0 saturated carbocycles. The maximum atomic E-state index is 15.0. The predicted octanol–water partition coefficient (Wildman–Crippen LogP) is 7.72. The molecule has 0 unspecified atom stereocenters. The second kappa shape index (κ2) is 8.95. The topological polar surface area (TPSA) is 30.0 Å². The lowest BCUT2D eigenvalue weighted by molar-refractivity contribution is 0.592. The van der Waals surface area contributed by atoms with Crippen molar-refractivity contribution in [1.82, 2.24) is 4.98 Å². The first kappa shape index (κ1) is 22.4. The minimum absolute atomic E-state index is 0.820. The smallest absolute Gasteiger partial charge is 0.171 e. The Bertz CT molecular complexity index is 1810. The van der Waals surface area contributed by atoms with E-state index >= 15 is 0 Å². The van der Waals surface area contributed by atoms with Gasteiger partial charge in [0.25, 0.3) is 0 Å². The molecule has 0 bridgehead atoms. The largest absolute Gasteiger partial charge is 0.309 e. The third-order valence-electron chi connectivity index (χ3n) is 7.19. The van der Waals surface area contributed by atoms with Gasteiger partial charge in [-0.3, -0.25) is 0 Å². The highest BCUT2D eigenvalue weighted by atomic mass is 32.1. The highest BCUT2D eigenvalue weighted by molar-refractivity contribution is 7.85. The molecule has 0 spiro atoms. The lowest BCUT2D eigenvalue weighted by atomic mass is 10.0. The summed E-state index contributed by atoms with van der Waals surface area (Å²) in [7, 11) is -3.08.